The monoisotopic (exact) mass is 315 g/mol. The van der Waals surface area contributed by atoms with Crippen molar-refractivity contribution in [3.05, 3.63) is 18.2 Å². The molecule has 0 spiro atoms. The van der Waals surface area contributed by atoms with Crippen LogP contribution in [0, 0.1) is 0 Å². The SMILES string of the molecule is CN(C(C)(C)C(=O)O)S(=O)(=O)c1ccc2c(c1)OCCO2. The molecule has 0 radical (unpaired) electrons. The summed E-state index contributed by atoms with van der Waals surface area (Å²) in [7, 11) is -2.72. The summed E-state index contributed by atoms with van der Waals surface area (Å²) < 4.78 is 36.6. The lowest BCUT2D eigenvalue weighted by Crippen LogP contribution is -2.50. The van der Waals surface area contributed by atoms with Crippen molar-refractivity contribution in [3.8, 4) is 11.5 Å². The Morgan fingerprint density at radius 3 is 2.38 bits per heavy atom. The van der Waals surface area contributed by atoms with Crippen molar-refractivity contribution in [1.82, 2.24) is 4.31 Å². The molecule has 0 saturated carbocycles. The van der Waals surface area contributed by atoms with Gasteiger partial charge in [0, 0.05) is 13.1 Å². The van der Waals surface area contributed by atoms with Crippen LogP contribution < -0.4 is 9.47 Å². The maximum absolute atomic E-state index is 12.5. The van der Waals surface area contributed by atoms with Gasteiger partial charge < -0.3 is 14.6 Å². The molecule has 1 aliphatic rings. The highest BCUT2D eigenvalue weighted by molar-refractivity contribution is 7.89. The number of nitrogens with zero attached hydrogens (tertiary/aromatic N) is 1. The van der Waals surface area contributed by atoms with Crippen LogP contribution in [0.3, 0.4) is 0 Å². The summed E-state index contributed by atoms with van der Waals surface area (Å²) in [6.45, 7) is 3.40. The van der Waals surface area contributed by atoms with E-state index in [9.17, 15) is 13.2 Å². The molecule has 21 heavy (non-hydrogen) atoms. The van der Waals surface area contributed by atoms with Crippen molar-refractivity contribution in [2.24, 2.45) is 0 Å². The first-order valence-corrected chi connectivity index (χ1v) is 7.73. The molecule has 0 aliphatic carbocycles. The van der Waals surface area contributed by atoms with Crippen molar-refractivity contribution < 1.29 is 27.8 Å². The van der Waals surface area contributed by atoms with E-state index in [0.717, 1.165) is 4.31 Å². The molecule has 8 heteroatoms. The van der Waals surface area contributed by atoms with E-state index in [-0.39, 0.29) is 4.90 Å². The average molecular weight is 315 g/mol. The van der Waals surface area contributed by atoms with Crippen LogP contribution in [-0.4, -0.2) is 49.6 Å². The van der Waals surface area contributed by atoms with Gasteiger partial charge in [-0.25, -0.2) is 8.42 Å². The molecule has 0 aromatic heterocycles. The Kier molecular flexibility index (Phi) is 3.85. The van der Waals surface area contributed by atoms with Gasteiger partial charge in [0.15, 0.2) is 11.5 Å². The molecule has 1 aromatic rings. The minimum Gasteiger partial charge on any atom is -0.486 e. The van der Waals surface area contributed by atoms with Gasteiger partial charge in [-0.15, -0.1) is 0 Å². The molecule has 0 amide bonds. The smallest absolute Gasteiger partial charge is 0.324 e. The van der Waals surface area contributed by atoms with E-state index in [0.29, 0.717) is 24.7 Å². The average Bonchev–Trinajstić information content (AvgIpc) is 2.45. The van der Waals surface area contributed by atoms with E-state index < -0.39 is 21.5 Å². The van der Waals surface area contributed by atoms with Gasteiger partial charge in [0.25, 0.3) is 0 Å². The Balaban J connectivity index is 2.42. The number of likely N-dealkylation sites (N-methyl/N-ethyl adjacent to an activating group) is 1. The Hall–Kier alpha value is -1.80. The first-order chi connectivity index (χ1) is 9.67. The fraction of sp³-hybridized carbons (Fsp3) is 0.462. The molecule has 0 bridgehead atoms. The maximum Gasteiger partial charge on any atom is 0.324 e. The van der Waals surface area contributed by atoms with Crippen LogP contribution in [0.15, 0.2) is 23.1 Å². The van der Waals surface area contributed by atoms with Gasteiger partial charge in [-0.3, -0.25) is 4.79 Å². The number of benzene rings is 1. The molecular formula is C13H17NO6S. The lowest BCUT2D eigenvalue weighted by Gasteiger charge is -2.30. The second kappa shape index (κ2) is 5.19. The highest BCUT2D eigenvalue weighted by Crippen LogP contribution is 2.34. The van der Waals surface area contributed by atoms with Crippen molar-refractivity contribution in [2.75, 3.05) is 20.3 Å². The molecule has 1 N–H and O–H groups in total. The van der Waals surface area contributed by atoms with E-state index in [1.54, 1.807) is 0 Å². The van der Waals surface area contributed by atoms with E-state index in [4.69, 9.17) is 14.6 Å². The summed E-state index contributed by atoms with van der Waals surface area (Å²) in [6, 6.07) is 4.22. The fourth-order valence-electron chi connectivity index (χ4n) is 1.78. The second-order valence-electron chi connectivity index (χ2n) is 5.14. The van der Waals surface area contributed by atoms with Crippen molar-refractivity contribution in [2.45, 2.75) is 24.3 Å². The molecule has 116 valence electrons. The van der Waals surface area contributed by atoms with Crippen LogP contribution in [0.4, 0.5) is 0 Å². The van der Waals surface area contributed by atoms with E-state index >= 15 is 0 Å². The van der Waals surface area contributed by atoms with Gasteiger partial charge >= 0.3 is 5.97 Å². The number of hydrogen-bond donors (Lipinski definition) is 1. The number of rotatable bonds is 4. The Morgan fingerprint density at radius 1 is 1.24 bits per heavy atom. The third kappa shape index (κ3) is 2.68. The number of carboxylic acid groups (broad SMARTS) is 1. The number of ether oxygens (including phenoxy) is 2. The van der Waals surface area contributed by atoms with Gasteiger partial charge in [0.2, 0.25) is 10.0 Å². The molecule has 0 unspecified atom stereocenters. The zero-order valence-corrected chi connectivity index (χ0v) is 12.8. The summed E-state index contributed by atoms with van der Waals surface area (Å²) >= 11 is 0. The van der Waals surface area contributed by atoms with E-state index in [1.165, 1.54) is 39.1 Å². The van der Waals surface area contributed by atoms with Crippen molar-refractivity contribution in [3.63, 3.8) is 0 Å². The Labute approximate surface area is 123 Å². The predicted octanol–water partition coefficient (Wildman–Crippen LogP) is 0.942. The maximum atomic E-state index is 12.5. The molecule has 1 aromatic carbocycles. The summed E-state index contributed by atoms with van der Waals surface area (Å²) in [5.74, 6) is -0.421. The van der Waals surface area contributed by atoms with Gasteiger partial charge in [0.05, 0.1) is 4.90 Å². The lowest BCUT2D eigenvalue weighted by atomic mass is 10.1. The normalized spacial score (nSPS) is 15.0. The third-order valence-corrected chi connectivity index (χ3v) is 5.51. The third-order valence-electron chi connectivity index (χ3n) is 3.48. The molecule has 1 heterocycles. The van der Waals surface area contributed by atoms with Gasteiger partial charge in [-0.2, -0.15) is 4.31 Å². The van der Waals surface area contributed by atoms with E-state index in [1.807, 2.05) is 0 Å². The van der Waals surface area contributed by atoms with Gasteiger partial charge in [-0.05, 0) is 26.0 Å². The summed E-state index contributed by atoms with van der Waals surface area (Å²) in [6.07, 6.45) is 0. The number of hydrogen-bond acceptors (Lipinski definition) is 5. The highest BCUT2D eigenvalue weighted by atomic mass is 32.2. The lowest BCUT2D eigenvalue weighted by molar-refractivity contribution is -0.145. The summed E-state index contributed by atoms with van der Waals surface area (Å²) in [5.41, 5.74) is -1.56. The highest BCUT2D eigenvalue weighted by Gasteiger charge is 2.40. The molecule has 2 rings (SSSR count). The molecule has 0 atom stereocenters. The minimum atomic E-state index is -3.96. The minimum absolute atomic E-state index is 0.0384. The second-order valence-corrected chi connectivity index (χ2v) is 7.11. The molecule has 0 saturated heterocycles. The Bertz CT molecular complexity index is 667. The van der Waals surface area contributed by atoms with Crippen LogP contribution in [0.5, 0.6) is 11.5 Å². The van der Waals surface area contributed by atoms with Gasteiger partial charge in [0.1, 0.15) is 18.8 Å². The number of sulfonamides is 1. The largest absolute Gasteiger partial charge is 0.486 e. The van der Waals surface area contributed by atoms with Crippen LogP contribution >= 0.6 is 0 Å². The van der Waals surface area contributed by atoms with Crippen LogP contribution in [0.2, 0.25) is 0 Å². The van der Waals surface area contributed by atoms with Crippen molar-refractivity contribution >= 4 is 16.0 Å². The van der Waals surface area contributed by atoms with Crippen LogP contribution in [0.25, 0.3) is 0 Å². The fourth-order valence-corrected chi connectivity index (χ4v) is 3.27. The van der Waals surface area contributed by atoms with E-state index in [2.05, 4.69) is 0 Å². The van der Waals surface area contributed by atoms with Crippen LogP contribution in [-0.2, 0) is 14.8 Å². The topological polar surface area (TPSA) is 93.1 Å². The summed E-state index contributed by atoms with van der Waals surface area (Å²) in [5, 5.41) is 9.16. The number of aliphatic carboxylic acids is 1. The first-order valence-electron chi connectivity index (χ1n) is 6.29. The number of fused-ring (bicyclic) bond motifs is 1. The number of carbonyl (C=O) groups is 1. The van der Waals surface area contributed by atoms with Crippen molar-refractivity contribution in [1.29, 1.82) is 0 Å². The first kappa shape index (κ1) is 15.6. The summed E-state index contributed by atoms with van der Waals surface area (Å²) in [4.78, 5) is 11.2. The zero-order valence-electron chi connectivity index (χ0n) is 12.0. The zero-order chi connectivity index (χ0) is 15.8. The quantitative estimate of drug-likeness (QED) is 0.889. The molecule has 7 nitrogen and oxygen atoms in total. The Morgan fingerprint density at radius 2 is 1.81 bits per heavy atom. The predicted molar refractivity (Wildman–Crippen MR) is 74.1 cm³/mol. The molecule has 1 aliphatic heterocycles. The molecular weight excluding hydrogens is 298 g/mol. The van der Waals surface area contributed by atoms with Gasteiger partial charge in [-0.1, -0.05) is 0 Å². The standard InChI is InChI=1S/C13H17NO6S/c1-13(2,12(15)16)14(3)21(17,18)9-4-5-10-11(8-9)20-7-6-19-10/h4-5,8H,6-7H2,1-3H3,(H,15,16). The number of carboxylic acids is 1. The van der Waals surface area contributed by atoms with Crippen LogP contribution in [0.1, 0.15) is 13.8 Å². The molecule has 0 fully saturated rings.